The van der Waals surface area contributed by atoms with Crippen LogP contribution in [0, 0.1) is 5.41 Å². The van der Waals surface area contributed by atoms with Crippen molar-refractivity contribution in [2.75, 3.05) is 46.6 Å². The van der Waals surface area contributed by atoms with Gasteiger partial charge in [0.25, 0.3) is 0 Å². The molecule has 1 saturated carbocycles. The summed E-state index contributed by atoms with van der Waals surface area (Å²) < 4.78 is 10.4. The van der Waals surface area contributed by atoms with Gasteiger partial charge in [-0.15, -0.1) is 0 Å². The lowest BCUT2D eigenvalue weighted by Gasteiger charge is -2.21. The van der Waals surface area contributed by atoms with Crippen LogP contribution in [0.4, 0.5) is 0 Å². The molecule has 0 aromatic heterocycles. The second-order valence-corrected chi connectivity index (χ2v) is 6.10. The Bertz CT molecular complexity index is 289. The first-order chi connectivity index (χ1) is 10.2. The molecular weight excluding hydrogens is 266 g/mol. The van der Waals surface area contributed by atoms with Gasteiger partial charge in [0, 0.05) is 33.4 Å². The Labute approximate surface area is 129 Å². The first kappa shape index (κ1) is 18.2. The second-order valence-electron chi connectivity index (χ2n) is 6.10. The second kappa shape index (κ2) is 10.9. The first-order valence-corrected chi connectivity index (χ1v) is 8.29. The van der Waals surface area contributed by atoms with Crippen molar-refractivity contribution in [1.82, 2.24) is 10.6 Å². The van der Waals surface area contributed by atoms with E-state index in [0.717, 1.165) is 38.6 Å². The number of methoxy groups -OCH3 is 1. The number of nitrogens with one attached hydrogen (secondary N) is 2. The number of ether oxygens (including phenoxy) is 2. The predicted octanol–water partition coefficient (Wildman–Crippen LogP) is 2.17. The summed E-state index contributed by atoms with van der Waals surface area (Å²) in [5, 5.41) is 6.69. The number of guanidine groups is 1. The molecule has 124 valence electrons. The molecule has 0 aromatic rings. The Morgan fingerprint density at radius 1 is 1.14 bits per heavy atom. The summed E-state index contributed by atoms with van der Waals surface area (Å²) in [6.07, 6.45) is 6.31. The summed E-state index contributed by atoms with van der Waals surface area (Å²) in [5.74, 6) is 0.933. The molecule has 0 unspecified atom stereocenters. The highest BCUT2D eigenvalue weighted by Gasteiger charge is 2.28. The van der Waals surface area contributed by atoms with E-state index in [2.05, 4.69) is 24.5 Å². The molecule has 1 aliphatic rings. The van der Waals surface area contributed by atoms with Crippen LogP contribution < -0.4 is 10.6 Å². The van der Waals surface area contributed by atoms with Gasteiger partial charge in [-0.3, -0.25) is 4.99 Å². The molecule has 0 atom stereocenters. The molecule has 21 heavy (non-hydrogen) atoms. The van der Waals surface area contributed by atoms with Gasteiger partial charge in [0.05, 0.1) is 13.2 Å². The van der Waals surface area contributed by atoms with Gasteiger partial charge in [-0.25, -0.2) is 0 Å². The van der Waals surface area contributed by atoms with Gasteiger partial charge >= 0.3 is 0 Å². The van der Waals surface area contributed by atoms with E-state index in [1.165, 1.54) is 25.7 Å². The topological polar surface area (TPSA) is 54.9 Å². The highest BCUT2D eigenvalue weighted by Crippen LogP contribution is 2.37. The van der Waals surface area contributed by atoms with Crippen LogP contribution in [0.5, 0.6) is 0 Å². The SMILES string of the molecule is CCNC(=NCC1(C)CCCC1)NCCCOCCOC. The van der Waals surface area contributed by atoms with Crippen molar-refractivity contribution in [2.24, 2.45) is 10.4 Å². The lowest BCUT2D eigenvalue weighted by Crippen LogP contribution is -2.38. The van der Waals surface area contributed by atoms with Crippen LogP contribution in [0.15, 0.2) is 4.99 Å². The molecule has 0 spiro atoms. The summed E-state index contributed by atoms with van der Waals surface area (Å²) in [7, 11) is 1.69. The molecule has 0 bridgehead atoms. The zero-order valence-corrected chi connectivity index (χ0v) is 14.0. The monoisotopic (exact) mass is 299 g/mol. The Morgan fingerprint density at radius 2 is 1.90 bits per heavy atom. The van der Waals surface area contributed by atoms with Crippen LogP contribution in [-0.2, 0) is 9.47 Å². The minimum atomic E-state index is 0.408. The number of aliphatic imine (C=N–C) groups is 1. The lowest BCUT2D eigenvalue weighted by molar-refractivity contribution is 0.0698. The fourth-order valence-electron chi connectivity index (χ4n) is 2.62. The molecule has 1 aliphatic carbocycles. The standard InChI is InChI=1S/C16H33N3O2/c1-4-17-15(18-10-7-11-21-13-12-20-3)19-14-16(2)8-5-6-9-16/h4-14H2,1-3H3,(H2,17,18,19). The van der Waals surface area contributed by atoms with Crippen LogP contribution in [0.3, 0.4) is 0 Å². The number of rotatable bonds is 10. The molecule has 0 aliphatic heterocycles. The highest BCUT2D eigenvalue weighted by atomic mass is 16.5. The maximum Gasteiger partial charge on any atom is 0.191 e. The minimum absolute atomic E-state index is 0.408. The van der Waals surface area contributed by atoms with E-state index < -0.39 is 0 Å². The van der Waals surface area contributed by atoms with Crippen molar-refractivity contribution in [2.45, 2.75) is 46.0 Å². The van der Waals surface area contributed by atoms with Gasteiger partial charge < -0.3 is 20.1 Å². The van der Waals surface area contributed by atoms with E-state index in [-0.39, 0.29) is 0 Å². The smallest absolute Gasteiger partial charge is 0.191 e. The average molecular weight is 299 g/mol. The molecular formula is C16H33N3O2. The van der Waals surface area contributed by atoms with Crippen LogP contribution in [0.25, 0.3) is 0 Å². The van der Waals surface area contributed by atoms with E-state index in [0.29, 0.717) is 18.6 Å². The average Bonchev–Trinajstić information content (AvgIpc) is 2.91. The molecule has 0 radical (unpaired) electrons. The molecule has 1 fully saturated rings. The molecule has 0 heterocycles. The Hall–Kier alpha value is -0.810. The third-order valence-electron chi connectivity index (χ3n) is 3.96. The molecule has 0 amide bonds. The maximum absolute atomic E-state index is 5.45. The van der Waals surface area contributed by atoms with Crippen molar-refractivity contribution in [1.29, 1.82) is 0 Å². The molecule has 0 saturated heterocycles. The molecule has 5 nitrogen and oxygen atoms in total. The first-order valence-electron chi connectivity index (χ1n) is 8.29. The lowest BCUT2D eigenvalue weighted by atomic mass is 9.89. The summed E-state index contributed by atoms with van der Waals surface area (Å²) in [5.41, 5.74) is 0.408. The van der Waals surface area contributed by atoms with Gasteiger partial charge in [0.15, 0.2) is 5.96 Å². The fraction of sp³-hybridized carbons (Fsp3) is 0.938. The number of nitrogens with zero attached hydrogens (tertiary/aromatic N) is 1. The van der Waals surface area contributed by atoms with Crippen molar-refractivity contribution >= 4 is 5.96 Å². The third-order valence-corrected chi connectivity index (χ3v) is 3.96. The number of hydrogen-bond acceptors (Lipinski definition) is 3. The largest absolute Gasteiger partial charge is 0.382 e. The Balaban J connectivity index is 2.19. The van der Waals surface area contributed by atoms with Crippen LogP contribution in [0.1, 0.15) is 46.0 Å². The van der Waals surface area contributed by atoms with Crippen molar-refractivity contribution in [3.63, 3.8) is 0 Å². The number of hydrogen-bond donors (Lipinski definition) is 2. The van der Waals surface area contributed by atoms with Gasteiger partial charge in [-0.2, -0.15) is 0 Å². The summed E-state index contributed by atoms with van der Waals surface area (Å²) in [6.45, 7) is 9.25. The van der Waals surface area contributed by atoms with Gasteiger partial charge in [0.2, 0.25) is 0 Å². The van der Waals surface area contributed by atoms with E-state index in [9.17, 15) is 0 Å². The zero-order chi connectivity index (χ0) is 15.4. The summed E-state index contributed by atoms with van der Waals surface area (Å²) >= 11 is 0. The van der Waals surface area contributed by atoms with Crippen LogP contribution >= 0.6 is 0 Å². The highest BCUT2D eigenvalue weighted by molar-refractivity contribution is 5.79. The Kier molecular flexibility index (Phi) is 9.42. The molecule has 5 heteroatoms. The van der Waals surface area contributed by atoms with Crippen molar-refractivity contribution in [3.05, 3.63) is 0 Å². The van der Waals surface area contributed by atoms with Gasteiger partial charge in [-0.05, 0) is 31.6 Å². The molecule has 1 rings (SSSR count). The maximum atomic E-state index is 5.45. The van der Waals surface area contributed by atoms with Crippen LogP contribution in [0.2, 0.25) is 0 Å². The Morgan fingerprint density at radius 3 is 2.57 bits per heavy atom. The summed E-state index contributed by atoms with van der Waals surface area (Å²) in [4.78, 5) is 4.75. The predicted molar refractivity (Wildman–Crippen MR) is 87.9 cm³/mol. The van der Waals surface area contributed by atoms with E-state index >= 15 is 0 Å². The molecule has 0 aromatic carbocycles. The van der Waals surface area contributed by atoms with E-state index in [1.54, 1.807) is 7.11 Å². The third kappa shape index (κ3) is 8.27. The quantitative estimate of drug-likeness (QED) is 0.369. The fourth-order valence-corrected chi connectivity index (χ4v) is 2.62. The zero-order valence-electron chi connectivity index (χ0n) is 14.0. The van der Waals surface area contributed by atoms with Crippen LogP contribution in [-0.4, -0.2) is 52.5 Å². The van der Waals surface area contributed by atoms with E-state index in [1.807, 2.05) is 0 Å². The van der Waals surface area contributed by atoms with Gasteiger partial charge in [-0.1, -0.05) is 19.8 Å². The van der Waals surface area contributed by atoms with E-state index in [4.69, 9.17) is 14.5 Å². The minimum Gasteiger partial charge on any atom is -0.382 e. The molecule has 2 N–H and O–H groups in total. The van der Waals surface area contributed by atoms with Crippen molar-refractivity contribution in [3.8, 4) is 0 Å². The van der Waals surface area contributed by atoms with Gasteiger partial charge in [0.1, 0.15) is 0 Å². The summed E-state index contributed by atoms with van der Waals surface area (Å²) in [6, 6.07) is 0. The normalized spacial score (nSPS) is 18.0. The van der Waals surface area contributed by atoms with Crippen molar-refractivity contribution < 1.29 is 9.47 Å².